The first-order valence-electron chi connectivity index (χ1n) is 6.52. The second kappa shape index (κ2) is 5.76. The largest absolute Gasteiger partial charge is 0.394 e. The van der Waals surface area contributed by atoms with Gasteiger partial charge in [-0.25, -0.2) is 0 Å². The van der Waals surface area contributed by atoms with Gasteiger partial charge in [-0.2, -0.15) is 4.98 Å². The predicted molar refractivity (Wildman–Crippen MR) is 81.4 cm³/mol. The number of anilines is 2. The van der Waals surface area contributed by atoms with E-state index in [1.165, 1.54) is 4.90 Å². The molecule has 1 aromatic heterocycles. The van der Waals surface area contributed by atoms with Crippen LogP contribution in [0.4, 0.5) is 11.8 Å². The van der Waals surface area contributed by atoms with Crippen LogP contribution >= 0.6 is 11.8 Å². The molecule has 5 N–H and O–H groups in total. The Kier molecular flexibility index (Phi) is 3.92. The van der Waals surface area contributed by atoms with Crippen LogP contribution in [0.3, 0.4) is 0 Å². The quantitative estimate of drug-likeness (QED) is 0.323. The number of nitrogen functional groups attached to an aromatic ring is 1. The average molecular weight is 339 g/mol. The summed E-state index contributed by atoms with van der Waals surface area (Å²) < 4.78 is 5.57. The number of ether oxygens (including phenoxy) is 1. The highest BCUT2D eigenvalue weighted by atomic mass is 32.2. The summed E-state index contributed by atoms with van der Waals surface area (Å²) in [5.74, 6) is 0.107. The molecule has 0 aliphatic carbocycles. The summed E-state index contributed by atoms with van der Waals surface area (Å²) in [7, 11) is 0. The third kappa shape index (κ3) is 2.42. The number of aromatic nitrogens is 2. The normalized spacial score (nSPS) is 29.5. The van der Waals surface area contributed by atoms with Gasteiger partial charge >= 0.3 is 0 Å². The number of rotatable bonds is 3. The monoisotopic (exact) mass is 339 g/mol. The SMILES string of the molecule is C=C1Sc2c(nc(N)[nH]c2=O)N1[C@@H]1O[C@H](CO)[C@@H](N=[N+]=[N-])[C@H]1O. The Bertz CT molecular complexity index is 761. The fourth-order valence-corrected chi connectivity index (χ4v) is 3.47. The second-order valence-electron chi connectivity index (χ2n) is 4.90. The molecule has 0 amide bonds. The van der Waals surface area contributed by atoms with Crippen molar-refractivity contribution in [2.75, 3.05) is 17.2 Å². The number of hydrogen-bond donors (Lipinski definition) is 4. The maximum atomic E-state index is 11.9. The molecule has 2 aliphatic heterocycles. The molecule has 4 atom stereocenters. The number of fused-ring (bicyclic) bond motifs is 1. The predicted octanol–water partition coefficient (Wildman–Crippen LogP) is -0.508. The Hall–Kier alpha value is -2.24. The highest BCUT2D eigenvalue weighted by Gasteiger charge is 2.49. The Balaban J connectivity index is 2.02. The summed E-state index contributed by atoms with van der Waals surface area (Å²) in [5, 5.41) is 23.6. The molecule has 12 heteroatoms. The highest BCUT2D eigenvalue weighted by molar-refractivity contribution is 8.03. The number of nitrogens with two attached hydrogens (primary N) is 1. The van der Waals surface area contributed by atoms with Crippen LogP contribution in [0.25, 0.3) is 10.4 Å². The van der Waals surface area contributed by atoms with Crippen molar-refractivity contribution in [2.24, 2.45) is 5.11 Å². The Labute approximate surface area is 133 Å². The lowest BCUT2D eigenvalue weighted by molar-refractivity contribution is -0.00732. The molecule has 0 saturated carbocycles. The van der Waals surface area contributed by atoms with Gasteiger partial charge in [-0.15, -0.1) is 0 Å². The summed E-state index contributed by atoms with van der Waals surface area (Å²) in [4.78, 5) is 22.7. The van der Waals surface area contributed by atoms with Gasteiger partial charge in [0.15, 0.2) is 12.0 Å². The number of H-pyrrole nitrogens is 1. The number of azide groups is 1. The molecule has 2 aliphatic rings. The minimum absolute atomic E-state index is 0.0909. The van der Waals surface area contributed by atoms with Crippen LogP contribution in [-0.2, 0) is 4.74 Å². The Morgan fingerprint density at radius 3 is 3.04 bits per heavy atom. The van der Waals surface area contributed by atoms with Crippen LogP contribution in [0.5, 0.6) is 0 Å². The summed E-state index contributed by atoms with van der Waals surface area (Å²) in [6, 6.07) is -0.976. The van der Waals surface area contributed by atoms with Crippen molar-refractivity contribution in [3.8, 4) is 0 Å². The summed E-state index contributed by atoms with van der Waals surface area (Å²) in [5.41, 5.74) is 13.7. The topological polar surface area (TPSA) is 173 Å². The van der Waals surface area contributed by atoms with Crippen molar-refractivity contribution in [3.63, 3.8) is 0 Å². The Morgan fingerprint density at radius 1 is 1.65 bits per heavy atom. The smallest absolute Gasteiger partial charge is 0.268 e. The molecular formula is C11H13N7O4S. The molecule has 1 aromatic rings. The minimum atomic E-state index is -1.24. The number of aliphatic hydroxyl groups is 2. The van der Waals surface area contributed by atoms with Gasteiger partial charge in [0, 0.05) is 4.91 Å². The van der Waals surface area contributed by atoms with E-state index >= 15 is 0 Å². The van der Waals surface area contributed by atoms with Crippen LogP contribution in [0.15, 0.2) is 26.4 Å². The molecule has 1 saturated heterocycles. The third-order valence-electron chi connectivity index (χ3n) is 3.55. The maximum Gasteiger partial charge on any atom is 0.268 e. The second-order valence-corrected chi connectivity index (χ2v) is 5.99. The third-order valence-corrected chi connectivity index (χ3v) is 4.56. The lowest BCUT2D eigenvalue weighted by Crippen LogP contribution is -2.42. The van der Waals surface area contributed by atoms with E-state index in [9.17, 15) is 15.0 Å². The first-order valence-corrected chi connectivity index (χ1v) is 7.34. The fraction of sp³-hybridized carbons (Fsp3) is 0.455. The molecule has 0 bridgehead atoms. The minimum Gasteiger partial charge on any atom is -0.394 e. The zero-order valence-corrected chi connectivity index (χ0v) is 12.5. The number of aromatic amines is 1. The van der Waals surface area contributed by atoms with Gasteiger partial charge in [-0.05, 0) is 5.53 Å². The summed E-state index contributed by atoms with van der Waals surface area (Å²) in [6.45, 7) is 3.38. The molecular weight excluding hydrogens is 326 g/mol. The first kappa shape index (κ1) is 15.6. The number of nitrogens with one attached hydrogen (secondary N) is 1. The van der Waals surface area contributed by atoms with Crippen molar-refractivity contribution < 1.29 is 14.9 Å². The van der Waals surface area contributed by atoms with Crippen LogP contribution in [0.1, 0.15) is 0 Å². The maximum absolute atomic E-state index is 11.9. The lowest BCUT2D eigenvalue weighted by Gasteiger charge is -2.28. The van der Waals surface area contributed by atoms with E-state index in [1.54, 1.807) is 0 Å². The number of thioether (sulfide) groups is 1. The van der Waals surface area contributed by atoms with Gasteiger partial charge in [0.2, 0.25) is 5.95 Å². The molecule has 1 fully saturated rings. The highest BCUT2D eigenvalue weighted by Crippen LogP contribution is 2.45. The summed E-state index contributed by atoms with van der Waals surface area (Å²) in [6.07, 6.45) is -3.14. The number of aliphatic hydroxyl groups excluding tert-OH is 2. The van der Waals surface area contributed by atoms with Gasteiger partial charge in [-0.1, -0.05) is 23.5 Å². The molecule has 0 aromatic carbocycles. The van der Waals surface area contributed by atoms with Gasteiger partial charge in [-0.3, -0.25) is 14.7 Å². The van der Waals surface area contributed by atoms with Gasteiger partial charge in [0.25, 0.3) is 5.56 Å². The van der Waals surface area contributed by atoms with Crippen LogP contribution in [0.2, 0.25) is 0 Å². The molecule has 3 rings (SSSR count). The zero-order valence-electron chi connectivity index (χ0n) is 11.7. The molecule has 0 unspecified atom stereocenters. The molecule has 3 heterocycles. The van der Waals surface area contributed by atoms with Crippen molar-refractivity contribution in [1.82, 2.24) is 9.97 Å². The Morgan fingerprint density at radius 2 is 2.39 bits per heavy atom. The van der Waals surface area contributed by atoms with E-state index in [0.29, 0.717) is 5.03 Å². The summed E-state index contributed by atoms with van der Waals surface area (Å²) >= 11 is 1.06. The van der Waals surface area contributed by atoms with Gasteiger partial charge in [0.05, 0.1) is 23.8 Å². The fourth-order valence-electron chi connectivity index (χ4n) is 2.57. The van der Waals surface area contributed by atoms with Gasteiger partial charge in [0.1, 0.15) is 11.0 Å². The lowest BCUT2D eigenvalue weighted by atomic mass is 10.1. The van der Waals surface area contributed by atoms with E-state index < -0.39 is 36.6 Å². The van der Waals surface area contributed by atoms with Crippen molar-refractivity contribution >= 4 is 23.5 Å². The van der Waals surface area contributed by atoms with Crippen LogP contribution in [-0.4, -0.2) is 51.3 Å². The molecule has 0 radical (unpaired) electrons. The molecule has 0 spiro atoms. The molecule has 23 heavy (non-hydrogen) atoms. The van der Waals surface area contributed by atoms with Crippen molar-refractivity contribution in [3.05, 3.63) is 32.4 Å². The first-order chi connectivity index (χ1) is 11.0. The van der Waals surface area contributed by atoms with E-state index in [-0.39, 0.29) is 16.7 Å². The molecule has 11 nitrogen and oxygen atoms in total. The van der Waals surface area contributed by atoms with E-state index in [1.807, 2.05) is 0 Å². The van der Waals surface area contributed by atoms with Crippen molar-refractivity contribution in [2.45, 2.75) is 29.4 Å². The number of hydrogen-bond acceptors (Lipinski definition) is 9. The van der Waals surface area contributed by atoms with Crippen LogP contribution in [0, 0.1) is 0 Å². The zero-order chi connectivity index (χ0) is 16.7. The standard InChI is InChI=1S/C11H13N7O4S/c1-3-18(8-7(23-3)9(21)15-11(12)14-8)10-6(20)5(16-17-13)4(2-19)22-10/h4-6,10,19-20H,1-2H2,(H3,12,14,15,21)/t4-,5-,6-,10-/m1/s1. The molecule has 122 valence electrons. The van der Waals surface area contributed by atoms with Crippen LogP contribution < -0.4 is 16.2 Å². The van der Waals surface area contributed by atoms with Gasteiger partial charge < -0.3 is 20.7 Å². The average Bonchev–Trinajstić information content (AvgIpc) is 2.98. The van der Waals surface area contributed by atoms with E-state index in [2.05, 4.69) is 26.6 Å². The van der Waals surface area contributed by atoms with E-state index in [4.69, 9.17) is 16.0 Å². The van der Waals surface area contributed by atoms with E-state index in [0.717, 1.165) is 11.8 Å². The number of nitrogens with zero attached hydrogens (tertiary/aromatic N) is 5. The van der Waals surface area contributed by atoms with Crippen molar-refractivity contribution in [1.29, 1.82) is 0 Å².